The standard InChI is InChI=1S/C30H22ClNO6/c1-4-32-15-18(22-14-20(35-3)6-8-23(22)32)13-26-28(33)21-7-10-24(16(2)29(21)37-26)38-30(34)27-12-17-11-19(31)5-9-25(17)36-27/h5-15H,4H2,1-3H3/b26-13-. The van der Waals surface area contributed by atoms with Gasteiger partial charge in [0.1, 0.15) is 22.8 Å². The number of aryl methyl sites for hydroxylation is 1. The van der Waals surface area contributed by atoms with Crippen LogP contribution in [-0.2, 0) is 6.54 Å². The summed E-state index contributed by atoms with van der Waals surface area (Å²) in [6.07, 6.45) is 3.72. The van der Waals surface area contributed by atoms with Gasteiger partial charge in [0.05, 0.1) is 12.7 Å². The van der Waals surface area contributed by atoms with E-state index in [9.17, 15) is 9.59 Å². The number of carbonyl (C=O) groups excluding carboxylic acids is 2. The predicted octanol–water partition coefficient (Wildman–Crippen LogP) is 7.21. The Kier molecular flexibility index (Phi) is 5.73. The molecule has 0 radical (unpaired) electrons. The number of Topliss-reactive ketones (excluding diaryl/α,β-unsaturated/α-hetero) is 1. The Morgan fingerprint density at radius 1 is 1.11 bits per heavy atom. The summed E-state index contributed by atoms with van der Waals surface area (Å²) < 4.78 is 24.8. The molecule has 1 aliphatic heterocycles. The zero-order valence-corrected chi connectivity index (χ0v) is 21.6. The van der Waals surface area contributed by atoms with Gasteiger partial charge in [-0.3, -0.25) is 4.79 Å². The fourth-order valence-corrected chi connectivity index (χ4v) is 4.87. The lowest BCUT2D eigenvalue weighted by Gasteiger charge is -2.09. The summed E-state index contributed by atoms with van der Waals surface area (Å²) in [6.45, 7) is 4.57. The lowest BCUT2D eigenvalue weighted by Crippen LogP contribution is -2.08. The molecule has 0 fully saturated rings. The van der Waals surface area contributed by atoms with Crippen LogP contribution in [0.15, 0.2) is 71.0 Å². The number of aromatic nitrogens is 1. The molecule has 0 saturated carbocycles. The number of benzene rings is 3. The maximum absolute atomic E-state index is 13.2. The monoisotopic (exact) mass is 527 g/mol. The third-order valence-corrected chi connectivity index (χ3v) is 6.90. The number of fused-ring (bicyclic) bond motifs is 3. The first-order valence-electron chi connectivity index (χ1n) is 12.0. The van der Waals surface area contributed by atoms with Crippen molar-refractivity contribution >= 4 is 51.3 Å². The average Bonchev–Trinajstić information content (AvgIpc) is 3.59. The van der Waals surface area contributed by atoms with Crippen molar-refractivity contribution in [2.45, 2.75) is 20.4 Å². The van der Waals surface area contributed by atoms with E-state index in [0.717, 1.165) is 28.8 Å². The number of hydrogen-bond acceptors (Lipinski definition) is 6. The molecule has 0 spiro atoms. The minimum absolute atomic E-state index is 0.0440. The maximum Gasteiger partial charge on any atom is 0.379 e. The van der Waals surface area contributed by atoms with Crippen molar-refractivity contribution in [3.8, 4) is 17.2 Å². The molecule has 6 rings (SSSR count). The lowest BCUT2D eigenvalue weighted by molar-refractivity contribution is 0.0702. The van der Waals surface area contributed by atoms with E-state index in [2.05, 4.69) is 11.5 Å². The molecule has 0 N–H and O–H groups in total. The third-order valence-electron chi connectivity index (χ3n) is 6.67. The Hall–Kier alpha value is -4.49. The maximum atomic E-state index is 13.2. The molecular formula is C30H22ClNO6. The van der Waals surface area contributed by atoms with Crippen LogP contribution in [0, 0.1) is 6.92 Å². The second kappa shape index (κ2) is 9.11. The van der Waals surface area contributed by atoms with E-state index in [4.69, 9.17) is 30.2 Å². The van der Waals surface area contributed by atoms with E-state index in [-0.39, 0.29) is 23.1 Å². The van der Waals surface area contributed by atoms with Gasteiger partial charge in [-0.15, -0.1) is 0 Å². The number of furan rings is 1. The van der Waals surface area contributed by atoms with Gasteiger partial charge in [0.15, 0.2) is 5.76 Å². The number of ketones is 1. The highest BCUT2D eigenvalue weighted by molar-refractivity contribution is 6.31. The number of ether oxygens (including phenoxy) is 3. The molecule has 3 heterocycles. The van der Waals surface area contributed by atoms with Crippen LogP contribution in [0.3, 0.4) is 0 Å². The number of halogens is 1. The number of rotatable bonds is 5. The number of hydrogen-bond donors (Lipinski definition) is 0. The Bertz CT molecular complexity index is 1810. The quantitative estimate of drug-likeness (QED) is 0.136. The van der Waals surface area contributed by atoms with Gasteiger partial charge in [-0.1, -0.05) is 11.6 Å². The van der Waals surface area contributed by atoms with Crippen molar-refractivity contribution in [2.75, 3.05) is 7.11 Å². The van der Waals surface area contributed by atoms with Crippen molar-refractivity contribution in [1.82, 2.24) is 4.57 Å². The van der Waals surface area contributed by atoms with Crippen LogP contribution in [0.25, 0.3) is 27.9 Å². The van der Waals surface area contributed by atoms with Crippen LogP contribution in [0.2, 0.25) is 5.02 Å². The van der Waals surface area contributed by atoms with E-state index < -0.39 is 5.97 Å². The number of allylic oxidation sites excluding steroid dienone is 1. The molecule has 0 unspecified atom stereocenters. The Labute approximate surface area is 222 Å². The van der Waals surface area contributed by atoms with Crippen LogP contribution in [0.1, 0.15) is 39.0 Å². The molecule has 8 heteroatoms. The van der Waals surface area contributed by atoms with Crippen LogP contribution in [-0.4, -0.2) is 23.4 Å². The molecule has 38 heavy (non-hydrogen) atoms. The minimum atomic E-state index is -0.665. The molecule has 0 aliphatic carbocycles. The normalized spacial score (nSPS) is 13.8. The van der Waals surface area contributed by atoms with E-state index in [0.29, 0.717) is 32.9 Å². The molecule has 0 saturated heterocycles. The number of carbonyl (C=O) groups is 2. The van der Waals surface area contributed by atoms with Crippen LogP contribution in [0.5, 0.6) is 17.2 Å². The van der Waals surface area contributed by atoms with Crippen molar-refractivity contribution in [1.29, 1.82) is 0 Å². The summed E-state index contributed by atoms with van der Waals surface area (Å²) in [5.41, 5.74) is 3.33. The topological polar surface area (TPSA) is 79.9 Å². The van der Waals surface area contributed by atoms with Gasteiger partial charge < -0.3 is 23.2 Å². The Balaban J connectivity index is 1.31. The highest BCUT2D eigenvalue weighted by Crippen LogP contribution is 2.40. The fraction of sp³-hybridized carbons (Fsp3) is 0.133. The average molecular weight is 528 g/mol. The second-order valence-electron chi connectivity index (χ2n) is 8.94. The third kappa shape index (κ3) is 3.92. The highest BCUT2D eigenvalue weighted by Gasteiger charge is 2.31. The van der Waals surface area contributed by atoms with Gasteiger partial charge in [-0.05, 0) is 74.5 Å². The van der Waals surface area contributed by atoms with E-state index >= 15 is 0 Å². The van der Waals surface area contributed by atoms with E-state index in [1.807, 2.05) is 24.4 Å². The summed E-state index contributed by atoms with van der Waals surface area (Å²) >= 11 is 6.03. The molecule has 2 aromatic heterocycles. The van der Waals surface area contributed by atoms with Crippen LogP contribution >= 0.6 is 11.6 Å². The summed E-state index contributed by atoms with van der Waals surface area (Å²) in [4.78, 5) is 26.0. The van der Waals surface area contributed by atoms with Crippen molar-refractivity contribution in [2.24, 2.45) is 0 Å². The smallest absolute Gasteiger partial charge is 0.379 e. The number of nitrogens with zero attached hydrogens (tertiary/aromatic N) is 1. The molecule has 0 amide bonds. The highest BCUT2D eigenvalue weighted by atomic mass is 35.5. The van der Waals surface area contributed by atoms with Crippen LogP contribution < -0.4 is 14.2 Å². The first kappa shape index (κ1) is 23.9. The first-order chi connectivity index (χ1) is 18.4. The van der Waals surface area contributed by atoms with Crippen molar-refractivity contribution in [3.63, 3.8) is 0 Å². The molecule has 0 atom stereocenters. The van der Waals surface area contributed by atoms with Gasteiger partial charge >= 0.3 is 5.97 Å². The molecule has 5 aromatic rings. The SMILES string of the molecule is CCn1cc(/C=C2\Oc3c(ccc(OC(=O)c4cc5cc(Cl)ccc5o4)c3C)C2=O)c2cc(OC)ccc21. The van der Waals surface area contributed by atoms with Gasteiger partial charge in [0.25, 0.3) is 0 Å². The molecule has 0 bridgehead atoms. The minimum Gasteiger partial charge on any atom is -0.497 e. The molecule has 3 aromatic carbocycles. The van der Waals surface area contributed by atoms with Gasteiger partial charge in [-0.25, -0.2) is 4.79 Å². The Morgan fingerprint density at radius 2 is 1.95 bits per heavy atom. The summed E-state index contributed by atoms with van der Waals surface area (Å²) in [5.74, 6) is 0.689. The number of methoxy groups -OCH3 is 1. The summed E-state index contributed by atoms with van der Waals surface area (Å²) in [5, 5.41) is 2.18. The van der Waals surface area contributed by atoms with Gasteiger partial charge in [0, 0.05) is 45.2 Å². The van der Waals surface area contributed by atoms with Crippen molar-refractivity contribution < 1.29 is 28.2 Å². The zero-order chi connectivity index (χ0) is 26.6. The van der Waals surface area contributed by atoms with Crippen molar-refractivity contribution in [3.05, 3.63) is 94.0 Å². The molecular weight excluding hydrogens is 506 g/mol. The van der Waals surface area contributed by atoms with E-state index in [1.165, 1.54) is 0 Å². The predicted molar refractivity (Wildman–Crippen MR) is 144 cm³/mol. The first-order valence-corrected chi connectivity index (χ1v) is 12.4. The number of esters is 1. The van der Waals surface area contributed by atoms with Crippen LogP contribution in [0.4, 0.5) is 0 Å². The largest absolute Gasteiger partial charge is 0.497 e. The summed E-state index contributed by atoms with van der Waals surface area (Å²) in [7, 11) is 1.62. The molecule has 7 nitrogen and oxygen atoms in total. The lowest BCUT2D eigenvalue weighted by atomic mass is 10.1. The van der Waals surface area contributed by atoms with E-state index in [1.54, 1.807) is 56.5 Å². The molecule has 190 valence electrons. The second-order valence-corrected chi connectivity index (χ2v) is 9.38. The molecule has 1 aliphatic rings. The van der Waals surface area contributed by atoms with Gasteiger partial charge in [-0.2, -0.15) is 0 Å². The summed E-state index contributed by atoms with van der Waals surface area (Å²) in [6, 6.07) is 15.7. The van der Waals surface area contributed by atoms with Gasteiger partial charge in [0.2, 0.25) is 11.5 Å². The Morgan fingerprint density at radius 3 is 2.74 bits per heavy atom. The zero-order valence-electron chi connectivity index (χ0n) is 20.8. The fourth-order valence-electron chi connectivity index (χ4n) is 4.69.